The van der Waals surface area contributed by atoms with E-state index in [1.807, 2.05) is 19.1 Å². The van der Waals surface area contributed by atoms with Gasteiger partial charge in [0.05, 0.1) is 16.1 Å². The van der Waals surface area contributed by atoms with Gasteiger partial charge in [0.1, 0.15) is 0 Å². The average molecular weight is 346 g/mol. The lowest BCUT2D eigenvalue weighted by molar-refractivity contribution is 0.527. The molecule has 3 aromatic rings. The summed E-state index contributed by atoms with van der Waals surface area (Å²) in [6.45, 7) is 3.65. The molecule has 6 nitrogen and oxygen atoms in total. The van der Waals surface area contributed by atoms with Gasteiger partial charge < -0.3 is 4.42 Å². The van der Waals surface area contributed by atoms with Gasteiger partial charge in [-0.2, -0.15) is 0 Å². The zero-order valence-electron chi connectivity index (χ0n) is 13.7. The number of fused-ring (bicyclic) bond motifs is 1. The largest absolute Gasteiger partial charge is 0.419 e. The Hall–Kier alpha value is -2.54. The predicted octanol–water partition coefficient (Wildman–Crippen LogP) is 2.80. The molecule has 0 unspecified atom stereocenters. The van der Waals surface area contributed by atoms with Crippen LogP contribution in [0.3, 0.4) is 0 Å². The molecule has 0 saturated heterocycles. The molecule has 0 saturated carbocycles. The van der Waals surface area contributed by atoms with Gasteiger partial charge in [0, 0.05) is 13.1 Å². The van der Waals surface area contributed by atoms with Crippen LogP contribution in [0, 0.1) is 6.92 Å². The minimum Gasteiger partial charge on any atom is -0.408 e. The second kappa shape index (κ2) is 5.83. The standard InChI is InChI=1S/C17H18N2O4S/c1-4-12-7-5-6-8-13(12)18-24(21,22)16-10-15-14(9-11(16)2)19(3)17(20)23-15/h5-10,18H,4H2,1-3H3. The Kier molecular flexibility index (Phi) is 3.96. The molecule has 126 valence electrons. The number of benzene rings is 2. The molecule has 0 bridgehead atoms. The fraction of sp³-hybridized carbons (Fsp3) is 0.235. The second-order valence-electron chi connectivity index (χ2n) is 5.63. The van der Waals surface area contributed by atoms with E-state index >= 15 is 0 Å². The van der Waals surface area contributed by atoms with Crippen LogP contribution in [0.5, 0.6) is 0 Å². The van der Waals surface area contributed by atoms with E-state index in [0.29, 0.717) is 23.2 Å². The van der Waals surface area contributed by atoms with Gasteiger partial charge in [-0.3, -0.25) is 9.29 Å². The highest BCUT2D eigenvalue weighted by molar-refractivity contribution is 7.92. The molecule has 1 aromatic heterocycles. The highest BCUT2D eigenvalue weighted by Crippen LogP contribution is 2.26. The lowest BCUT2D eigenvalue weighted by atomic mass is 10.1. The molecule has 0 radical (unpaired) electrons. The number of rotatable bonds is 4. The van der Waals surface area contributed by atoms with Crippen molar-refractivity contribution in [2.24, 2.45) is 7.05 Å². The Bertz CT molecular complexity index is 1080. The molecule has 0 amide bonds. The molecule has 0 fully saturated rings. The van der Waals surface area contributed by atoms with Gasteiger partial charge in [-0.05, 0) is 36.6 Å². The molecule has 0 atom stereocenters. The summed E-state index contributed by atoms with van der Waals surface area (Å²) >= 11 is 0. The lowest BCUT2D eigenvalue weighted by Gasteiger charge is -2.13. The van der Waals surface area contributed by atoms with E-state index in [1.54, 1.807) is 32.2 Å². The van der Waals surface area contributed by atoms with E-state index in [-0.39, 0.29) is 10.5 Å². The van der Waals surface area contributed by atoms with E-state index in [0.717, 1.165) is 5.56 Å². The molecule has 2 aromatic carbocycles. The minimum atomic E-state index is -3.79. The van der Waals surface area contributed by atoms with Crippen LogP contribution in [0.2, 0.25) is 0 Å². The summed E-state index contributed by atoms with van der Waals surface area (Å²) < 4.78 is 34.6. The number of nitrogens with zero attached hydrogens (tertiary/aromatic N) is 1. The summed E-state index contributed by atoms with van der Waals surface area (Å²) in [5.41, 5.74) is 2.81. The van der Waals surface area contributed by atoms with Crippen molar-refractivity contribution in [2.45, 2.75) is 25.2 Å². The third kappa shape index (κ3) is 2.71. The van der Waals surface area contributed by atoms with E-state index < -0.39 is 15.8 Å². The van der Waals surface area contributed by atoms with E-state index in [2.05, 4.69) is 4.72 Å². The van der Waals surface area contributed by atoms with Crippen LogP contribution in [0.1, 0.15) is 18.1 Å². The molecule has 7 heteroatoms. The van der Waals surface area contributed by atoms with Crippen LogP contribution in [0.15, 0.2) is 50.5 Å². The third-order valence-electron chi connectivity index (χ3n) is 4.02. The van der Waals surface area contributed by atoms with Crippen molar-refractivity contribution in [2.75, 3.05) is 4.72 Å². The Morgan fingerprint density at radius 2 is 1.92 bits per heavy atom. The smallest absolute Gasteiger partial charge is 0.408 e. The first kappa shape index (κ1) is 16.3. The van der Waals surface area contributed by atoms with Crippen LogP contribution >= 0.6 is 0 Å². The fourth-order valence-electron chi connectivity index (χ4n) is 2.68. The number of aromatic nitrogens is 1. The number of para-hydroxylation sites is 1. The first-order valence-corrected chi connectivity index (χ1v) is 9.02. The molecule has 0 aliphatic carbocycles. The predicted molar refractivity (Wildman–Crippen MR) is 92.8 cm³/mol. The first-order valence-electron chi connectivity index (χ1n) is 7.54. The third-order valence-corrected chi connectivity index (χ3v) is 5.53. The molecule has 24 heavy (non-hydrogen) atoms. The number of hydrogen-bond acceptors (Lipinski definition) is 4. The molecule has 0 spiro atoms. The quantitative estimate of drug-likeness (QED) is 0.787. The molecule has 3 rings (SSSR count). The summed E-state index contributed by atoms with van der Waals surface area (Å²) in [7, 11) is -2.21. The van der Waals surface area contributed by atoms with Crippen LogP contribution < -0.4 is 10.5 Å². The Morgan fingerprint density at radius 3 is 2.62 bits per heavy atom. The van der Waals surface area contributed by atoms with Crippen molar-refractivity contribution in [1.29, 1.82) is 0 Å². The number of anilines is 1. The number of oxazole rings is 1. The minimum absolute atomic E-state index is 0.0928. The van der Waals surface area contributed by atoms with Crippen molar-refractivity contribution in [3.8, 4) is 0 Å². The van der Waals surface area contributed by atoms with Crippen LogP contribution in [-0.2, 0) is 23.5 Å². The molecule has 0 aliphatic heterocycles. The summed E-state index contributed by atoms with van der Waals surface area (Å²) in [5, 5.41) is 0. The molecular formula is C17H18N2O4S. The Labute approximate surface area is 139 Å². The lowest BCUT2D eigenvalue weighted by Crippen LogP contribution is -2.15. The Morgan fingerprint density at radius 1 is 1.21 bits per heavy atom. The normalized spacial score (nSPS) is 11.8. The number of nitrogens with one attached hydrogen (secondary N) is 1. The van der Waals surface area contributed by atoms with Gasteiger partial charge in [-0.15, -0.1) is 0 Å². The van der Waals surface area contributed by atoms with Crippen molar-refractivity contribution < 1.29 is 12.8 Å². The zero-order valence-corrected chi connectivity index (χ0v) is 14.5. The number of sulfonamides is 1. The highest BCUT2D eigenvalue weighted by Gasteiger charge is 2.21. The van der Waals surface area contributed by atoms with Crippen LogP contribution in [0.4, 0.5) is 5.69 Å². The summed E-state index contributed by atoms with van der Waals surface area (Å²) in [6.07, 6.45) is 0.713. The monoisotopic (exact) mass is 346 g/mol. The topological polar surface area (TPSA) is 81.3 Å². The Balaban J connectivity index is 2.11. The van der Waals surface area contributed by atoms with Gasteiger partial charge in [-0.1, -0.05) is 25.1 Å². The fourth-order valence-corrected chi connectivity index (χ4v) is 4.02. The summed E-state index contributed by atoms with van der Waals surface area (Å²) in [6, 6.07) is 10.3. The number of hydrogen-bond donors (Lipinski definition) is 1. The maximum Gasteiger partial charge on any atom is 0.419 e. The van der Waals surface area contributed by atoms with Crippen molar-refractivity contribution in [3.63, 3.8) is 0 Å². The SMILES string of the molecule is CCc1ccccc1NS(=O)(=O)c1cc2oc(=O)n(C)c2cc1C. The van der Waals surface area contributed by atoms with E-state index in [4.69, 9.17) is 4.42 Å². The van der Waals surface area contributed by atoms with Crippen LogP contribution in [0.25, 0.3) is 11.1 Å². The first-order chi connectivity index (χ1) is 11.3. The van der Waals surface area contributed by atoms with Gasteiger partial charge in [0.15, 0.2) is 5.58 Å². The maximum atomic E-state index is 12.8. The summed E-state index contributed by atoms with van der Waals surface area (Å²) in [4.78, 5) is 11.7. The van der Waals surface area contributed by atoms with Crippen LogP contribution in [-0.4, -0.2) is 13.0 Å². The number of aryl methyl sites for hydroxylation is 3. The highest BCUT2D eigenvalue weighted by atomic mass is 32.2. The molecular weight excluding hydrogens is 328 g/mol. The van der Waals surface area contributed by atoms with Gasteiger partial charge in [0.2, 0.25) is 0 Å². The van der Waals surface area contributed by atoms with E-state index in [1.165, 1.54) is 10.6 Å². The van der Waals surface area contributed by atoms with Gasteiger partial charge >= 0.3 is 5.76 Å². The zero-order chi connectivity index (χ0) is 17.5. The molecule has 1 heterocycles. The van der Waals surface area contributed by atoms with Gasteiger partial charge in [0.25, 0.3) is 10.0 Å². The molecule has 1 N–H and O–H groups in total. The van der Waals surface area contributed by atoms with E-state index in [9.17, 15) is 13.2 Å². The average Bonchev–Trinajstić information content (AvgIpc) is 2.81. The second-order valence-corrected chi connectivity index (χ2v) is 7.28. The van der Waals surface area contributed by atoms with Crippen molar-refractivity contribution >= 4 is 26.8 Å². The molecule has 0 aliphatic rings. The van der Waals surface area contributed by atoms with Gasteiger partial charge in [-0.25, -0.2) is 13.2 Å². The maximum absolute atomic E-state index is 12.8. The van der Waals surface area contributed by atoms with Crippen molar-refractivity contribution in [1.82, 2.24) is 4.57 Å². The van der Waals surface area contributed by atoms with Crippen molar-refractivity contribution in [3.05, 3.63) is 58.1 Å². The summed E-state index contributed by atoms with van der Waals surface area (Å²) in [5.74, 6) is -0.525.